The van der Waals surface area contributed by atoms with Crippen molar-refractivity contribution in [1.29, 1.82) is 5.26 Å². The molecule has 5 rings (SSSR count). The van der Waals surface area contributed by atoms with Crippen LogP contribution in [-0.2, 0) is 0 Å². The molecule has 4 aromatic rings. The largest absolute Gasteiger partial charge is 0.242 e. The van der Waals surface area contributed by atoms with Crippen molar-refractivity contribution in [3.05, 3.63) is 59.4 Å². The molecule has 0 bridgehead atoms. The maximum Gasteiger partial charge on any atom is 0.0907 e. The Morgan fingerprint density at radius 3 is 3.00 bits per heavy atom. The molecule has 27 heavy (non-hydrogen) atoms. The highest BCUT2D eigenvalue weighted by atomic mass is 32.1. The van der Waals surface area contributed by atoms with Crippen LogP contribution in [0.5, 0.6) is 0 Å². The highest BCUT2D eigenvalue weighted by molar-refractivity contribution is 7.18. The van der Waals surface area contributed by atoms with Gasteiger partial charge in [0, 0.05) is 17.3 Å². The van der Waals surface area contributed by atoms with Gasteiger partial charge in [0.1, 0.15) is 0 Å². The predicted octanol–water partition coefficient (Wildman–Crippen LogP) is 5.63. The van der Waals surface area contributed by atoms with Gasteiger partial charge in [-0.1, -0.05) is 18.2 Å². The number of nitriles is 1. The number of rotatable bonds is 2. The van der Waals surface area contributed by atoms with Crippen molar-refractivity contribution >= 4 is 32.6 Å². The molecule has 4 nitrogen and oxygen atoms in total. The van der Waals surface area contributed by atoms with Crippen LogP contribution < -0.4 is 0 Å². The molecule has 0 spiro atoms. The Morgan fingerprint density at radius 2 is 2.19 bits per heavy atom. The molecular weight excluding hydrogens is 352 g/mol. The molecule has 0 fully saturated rings. The lowest BCUT2D eigenvalue weighted by Gasteiger charge is -2.18. The number of benzene rings is 1. The second-order valence-corrected chi connectivity index (χ2v) is 8.25. The van der Waals surface area contributed by atoms with Gasteiger partial charge in [-0.25, -0.2) is 9.50 Å². The van der Waals surface area contributed by atoms with Crippen molar-refractivity contribution in [2.45, 2.75) is 26.2 Å². The van der Waals surface area contributed by atoms with Crippen LogP contribution >= 0.6 is 11.3 Å². The first kappa shape index (κ1) is 16.2. The lowest BCUT2D eigenvalue weighted by Crippen LogP contribution is -2.04. The average molecular weight is 370 g/mol. The normalized spacial score (nSPS) is 17.2. The fraction of sp³-hybridized carbons (Fsp3) is 0.227. The van der Waals surface area contributed by atoms with E-state index in [4.69, 9.17) is 0 Å². The average Bonchev–Trinajstić information content (AvgIpc) is 3.29. The Hall–Kier alpha value is -2.97. The molecule has 0 aliphatic heterocycles. The highest BCUT2D eigenvalue weighted by Gasteiger charge is 2.19. The third kappa shape index (κ3) is 2.73. The Morgan fingerprint density at radius 1 is 1.26 bits per heavy atom. The minimum atomic E-state index is 0.148. The first-order valence-electron chi connectivity index (χ1n) is 9.16. The number of pyridine rings is 1. The van der Waals surface area contributed by atoms with E-state index in [1.165, 1.54) is 21.4 Å². The van der Waals surface area contributed by atoms with Gasteiger partial charge in [0.25, 0.3) is 0 Å². The van der Waals surface area contributed by atoms with Gasteiger partial charge in [-0.2, -0.15) is 10.4 Å². The maximum atomic E-state index is 9.17. The molecule has 1 unspecified atom stereocenters. The quantitative estimate of drug-likeness (QED) is 0.460. The van der Waals surface area contributed by atoms with E-state index in [1.54, 1.807) is 11.3 Å². The van der Waals surface area contributed by atoms with Crippen molar-refractivity contribution in [3.63, 3.8) is 0 Å². The minimum Gasteiger partial charge on any atom is -0.242 e. The molecule has 1 aromatic carbocycles. The number of aromatic nitrogens is 3. The van der Waals surface area contributed by atoms with Gasteiger partial charge in [-0.3, -0.25) is 0 Å². The molecule has 0 amide bonds. The summed E-state index contributed by atoms with van der Waals surface area (Å²) in [4.78, 5) is 4.57. The summed E-state index contributed by atoms with van der Waals surface area (Å²) in [5.74, 6) is 0.148. The summed E-state index contributed by atoms with van der Waals surface area (Å²) in [6, 6.07) is 13.1. The zero-order chi connectivity index (χ0) is 18.4. The summed E-state index contributed by atoms with van der Waals surface area (Å²) >= 11 is 1.72. The number of hydrogen-bond donors (Lipinski definition) is 0. The molecule has 0 saturated heterocycles. The van der Waals surface area contributed by atoms with Crippen LogP contribution in [0.15, 0.2) is 48.8 Å². The first-order chi connectivity index (χ1) is 13.2. The van der Waals surface area contributed by atoms with Crippen LogP contribution in [-0.4, -0.2) is 14.6 Å². The molecule has 5 heteroatoms. The van der Waals surface area contributed by atoms with Gasteiger partial charge in [0.05, 0.1) is 38.9 Å². The summed E-state index contributed by atoms with van der Waals surface area (Å²) in [5, 5.41) is 14.8. The Bertz CT molecular complexity index is 1240. The summed E-state index contributed by atoms with van der Waals surface area (Å²) in [7, 11) is 0. The summed E-state index contributed by atoms with van der Waals surface area (Å²) in [6.07, 6.45) is 8.89. The lowest BCUT2D eigenvalue weighted by atomic mass is 9.86. The van der Waals surface area contributed by atoms with E-state index in [1.807, 2.05) is 29.9 Å². The van der Waals surface area contributed by atoms with E-state index in [9.17, 15) is 5.26 Å². The molecule has 3 aromatic heterocycles. The van der Waals surface area contributed by atoms with Crippen LogP contribution in [0.2, 0.25) is 0 Å². The molecule has 132 valence electrons. The Labute approximate surface area is 161 Å². The molecule has 0 N–H and O–H groups in total. The van der Waals surface area contributed by atoms with E-state index in [-0.39, 0.29) is 5.92 Å². The van der Waals surface area contributed by atoms with Crippen LogP contribution in [0.25, 0.3) is 32.4 Å². The Balaban J connectivity index is 1.67. The van der Waals surface area contributed by atoms with Crippen LogP contribution in [0, 0.1) is 24.2 Å². The van der Waals surface area contributed by atoms with Crippen LogP contribution in [0.1, 0.15) is 29.8 Å². The van der Waals surface area contributed by atoms with E-state index in [2.05, 4.69) is 46.5 Å². The second kappa shape index (κ2) is 6.33. The Kier molecular flexibility index (Phi) is 3.80. The SMILES string of the molecule is Cc1nc2ccc(-c3cnn4cccc(C5=CCC(C#N)CC5)c34)cc2s1. The molecule has 1 aliphatic carbocycles. The van der Waals surface area contributed by atoms with Gasteiger partial charge < -0.3 is 0 Å². The van der Waals surface area contributed by atoms with Crippen molar-refractivity contribution in [3.8, 4) is 17.2 Å². The fourth-order valence-corrected chi connectivity index (χ4v) is 4.78. The summed E-state index contributed by atoms with van der Waals surface area (Å²) < 4.78 is 3.17. The molecule has 1 aliphatic rings. The number of hydrogen-bond acceptors (Lipinski definition) is 4. The monoisotopic (exact) mass is 370 g/mol. The smallest absolute Gasteiger partial charge is 0.0907 e. The highest BCUT2D eigenvalue weighted by Crippen LogP contribution is 2.37. The van der Waals surface area contributed by atoms with E-state index in [0.717, 1.165) is 40.9 Å². The van der Waals surface area contributed by atoms with Crippen molar-refractivity contribution in [1.82, 2.24) is 14.6 Å². The summed E-state index contributed by atoms with van der Waals surface area (Å²) in [5.41, 5.74) is 7.04. The predicted molar refractivity (Wildman–Crippen MR) is 109 cm³/mol. The van der Waals surface area contributed by atoms with E-state index in [0.29, 0.717) is 0 Å². The molecule has 3 heterocycles. The minimum absolute atomic E-state index is 0.148. The third-order valence-electron chi connectivity index (χ3n) is 5.29. The maximum absolute atomic E-state index is 9.17. The van der Waals surface area contributed by atoms with E-state index >= 15 is 0 Å². The van der Waals surface area contributed by atoms with Gasteiger partial charge in [0.2, 0.25) is 0 Å². The number of fused-ring (bicyclic) bond motifs is 2. The molecule has 0 radical (unpaired) electrons. The van der Waals surface area contributed by atoms with Crippen LogP contribution in [0.4, 0.5) is 0 Å². The molecular formula is C22H18N4S. The molecule has 0 saturated carbocycles. The number of allylic oxidation sites excluding steroid dienone is 2. The zero-order valence-corrected chi connectivity index (χ0v) is 15.8. The molecule has 1 atom stereocenters. The van der Waals surface area contributed by atoms with Gasteiger partial charge in [-0.05, 0) is 55.5 Å². The standard InChI is InChI=1S/C22H18N4S/c1-14-25-20-9-8-17(11-21(20)27-14)19-13-24-26-10-2-3-18(22(19)26)16-6-4-15(12-23)5-7-16/h2-3,6,8-11,13,15H,4-5,7H2,1H3. The van der Waals surface area contributed by atoms with Crippen molar-refractivity contribution in [2.75, 3.05) is 0 Å². The number of thiazole rings is 1. The number of nitrogens with zero attached hydrogens (tertiary/aromatic N) is 4. The third-order valence-corrected chi connectivity index (χ3v) is 6.22. The first-order valence-corrected chi connectivity index (χ1v) is 9.97. The van der Waals surface area contributed by atoms with Crippen LogP contribution in [0.3, 0.4) is 0 Å². The zero-order valence-electron chi connectivity index (χ0n) is 15.0. The lowest BCUT2D eigenvalue weighted by molar-refractivity contribution is 0.604. The van der Waals surface area contributed by atoms with E-state index < -0.39 is 0 Å². The second-order valence-electron chi connectivity index (χ2n) is 7.02. The van der Waals surface area contributed by atoms with Gasteiger partial charge in [-0.15, -0.1) is 11.3 Å². The van der Waals surface area contributed by atoms with Gasteiger partial charge >= 0.3 is 0 Å². The topological polar surface area (TPSA) is 54.0 Å². The van der Waals surface area contributed by atoms with Gasteiger partial charge in [0.15, 0.2) is 0 Å². The van der Waals surface area contributed by atoms with Crippen molar-refractivity contribution < 1.29 is 0 Å². The number of aryl methyl sites for hydroxylation is 1. The van der Waals surface area contributed by atoms with Crippen molar-refractivity contribution in [2.24, 2.45) is 5.92 Å². The summed E-state index contributed by atoms with van der Waals surface area (Å²) in [6.45, 7) is 2.04. The fourth-order valence-electron chi connectivity index (χ4n) is 3.92.